The molecule has 3 aromatic carbocycles. The van der Waals surface area contributed by atoms with Crippen LogP contribution >= 0.6 is 0 Å². The number of aryl methyl sites for hydroxylation is 1. The van der Waals surface area contributed by atoms with Crippen LogP contribution in [0.25, 0.3) is 0 Å². The minimum atomic E-state index is -1.70. The van der Waals surface area contributed by atoms with Gasteiger partial charge >= 0.3 is 0 Å². The van der Waals surface area contributed by atoms with E-state index in [2.05, 4.69) is 0 Å². The number of carbonyl (C=O) groups excluding carboxylic acids is 3. The van der Waals surface area contributed by atoms with Crippen molar-refractivity contribution in [3.05, 3.63) is 101 Å². The van der Waals surface area contributed by atoms with Gasteiger partial charge in [-0.05, 0) is 40.8 Å². The standard InChI is InChI=1S/C26H19NO4/c1-14-8-2-7-13-19(14)27-23(28)21-20-15-9-3-5-11-17(15)26(25(30)31,22(21)24(27)29)18-12-6-4-10-16(18)20/h2-13,20-22H,1H3,(H,30,31)/p-1/t20?,21-,22-,26?/m0/s1. The molecule has 1 fully saturated rings. The normalized spacial score (nSPS) is 27.6. The number of rotatable bonds is 2. The van der Waals surface area contributed by atoms with E-state index < -0.39 is 29.1 Å². The van der Waals surface area contributed by atoms with Gasteiger partial charge in [0.2, 0.25) is 11.8 Å². The fourth-order valence-corrected chi connectivity index (χ4v) is 6.17. The average molecular weight is 408 g/mol. The van der Waals surface area contributed by atoms with Crippen LogP contribution in [0.2, 0.25) is 0 Å². The van der Waals surface area contributed by atoms with Gasteiger partial charge in [0.25, 0.3) is 0 Å². The Morgan fingerprint density at radius 2 is 1.39 bits per heavy atom. The number of carboxylic acid groups (broad SMARTS) is 1. The van der Waals surface area contributed by atoms with Gasteiger partial charge in [-0.1, -0.05) is 66.7 Å². The van der Waals surface area contributed by atoms with Crippen LogP contribution in [0.1, 0.15) is 33.7 Å². The van der Waals surface area contributed by atoms with E-state index >= 15 is 0 Å². The number of hydrogen-bond donors (Lipinski definition) is 0. The Balaban J connectivity index is 1.69. The highest BCUT2D eigenvalue weighted by atomic mass is 16.4. The Morgan fingerprint density at radius 1 is 0.839 bits per heavy atom. The molecule has 7 rings (SSSR count). The topological polar surface area (TPSA) is 77.5 Å². The van der Waals surface area contributed by atoms with Gasteiger partial charge in [0, 0.05) is 5.92 Å². The summed E-state index contributed by atoms with van der Waals surface area (Å²) in [6, 6.07) is 21.7. The van der Waals surface area contributed by atoms with Crippen molar-refractivity contribution in [2.45, 2.75) is 18.3 Å². The van der Waals surface area contributed by atoms with Crippen molar-refractivity contribution in [1.29, 1.82) is 0 Å². The highest BCUT2D eigenvalue weighted by Crippen LogP contribution is 2.64. The van der Waals surface area contributed by atoms with Crippen molar-refractivity contribution in [3.8, 4) is 0 Å². The molecule has 3 aromatic rings. The van der Waals surface area contributed by atoms with Crippen molar-refractivity contribution in [2.24, 2.45) is 11.8 Å². The number of carboxylic acids is 1. The number of aliphatic carboxylic acids is 1. The predicted molar refractivity (Wildman–Crippen MR) is 111 cm³/mol. The molecule has 1 heterocycles. The van der Waals surface area contributed by atoms with Gasteiger partial charge in [0.15, 0.2) is 0 Å². The van der Waals surface area contributed by atoms with Gasteiger partial charge in [-0.2, -0.15) is 0 Å². The number of imide groups is 1. The second-order valence-corrected chi connectivity index (χ2v) is 8.55. The van der Waals surface area contributed by atoms with Gasteiger partial charge in [-0.25, -0.2) is 4.90 Å². The number of hydrogen-bond acceptors (Lipinski definition) is 4. The maximum absolute atomic E-state index is 13.8. The quantitative estimate of drug-likeness (QED) is 0.610. The summed E-state index contributed by atoms with van der Waals surface area (Å²) in [6.45, 7) is 1.84. The largest absolute Gasteiger partial charge is 0.549 e. The van der Waals surface area contributed by atoms with E-state index in [0.29, 0.717) is 16.8 Å². The molecule has 2 atom stereocenters. The fourth-order valence-electron chi connectivity index (χ4n) is 6.17. The Bertz CT molecular complexity index is 1260. The Labute approximate surface area is 178 Å². The van der Waals surface area contributed by atoms with Crippen LogP contribution in [0.15, 0.2) is 72.8 Å². The minimum absolute atomic E-state index is 0.344. The molecule has 2 bridgehead atoms. The van der Waals surface area contributed by atoms with Crippen LogP contribution in [-0.2, 0) is 19.8 Å². The van der Waals surface area contributed by atoms with Gasteiger partial charge in [-0.15, -0.1) is 0 Å². The third kappa shape index (κ3) is 1.94. The molecular formula is C26H18NO4-. The van der Waals surface area contributed by atoms with Crippen LogP contribution in [0, 0.1) is 18.8 Å². The average Bonchev–Trinajstić information content (AvgIpc) is 3.05. The molecule has 2 amide bonds. The van der Waals surface area contributed by atoms with Gasteiger partial charge in [0.05, 0.1) is 28.9 Å². The number of benzene rings is 3. The third-order valence-electron chi connectivity index (χ3n) is 7.30. The summed E-state index contributed by atoms with van der Waals surface area (Å²) < 4.78 is 0. The SMILES string of the molecule is Cc1ccccc1N1C(=O)[C@@H]2[C@@H](C1=O)C1c3ccccc3C2(C(=O)[O-])c2ccccc21. The van der Waals surface area contributed by atoms with Crippen molar-refractivity contribution >= 4 is 23.5 Å². The first kappa shape index (κ1) is 18.1. The summed E-state index contributed by atoms with van der Waals surface area (Å²) >= 11 is 0. The molecule has 31 heavy (non-hydrogen) atoms. The van der Waals surface area contributed by atoms with Crippen molar-refractivity contribution in [3.63, 3.8) is 0 Å². The van der Waals surface area contributed by atoms with Crippen LogP contribution in [-0.4, -0.2) is 17.8 Å². The summed E-state index contributed by atoms with van der Waals surface area (Å²) in [4.78, 5) is 41.8. The maximum Gasteiger partial charge on any atom is 0.239 e. The first-order valence-electron chi connectivity index (χ1n) is 10.3. The van der Waals surface area contributed by atoms with Crippen molar-refractivity contribution < 1.29 is 19.5 Å². The number of carbonyl (C=O) groups is 3. The summed E-state index contributed by atoms with van der Waals surface area (Å²) in [5.74, 6) is -4.35. The molecule has 0 aromatic heterocycles. The van der Waals surface area contributed by atoms with Crippen LogP contribution in [0.3, 0.4) is 0 Å². The zero-order valence-electron chi connectivity index (χ0n) is 16.7. The van der Waals surface area contributed by atoms with E-state index in [1.807, 2.05) is 43.3 Å². The van der Waals surface area contributed by atoms with E-state index in [1.54, 1.807) is 36.4 Å². The molecule has 3 aliphatic carbocycles. The van der Waals surface area contributed by atoms with Gasteiger partial charge in [-0.3, -0.25) is 9.59 Å². The molecule has 0 saturated carbocycles. The molecule has 5 nitrogen and oxygen atoms in total. The first-order valence-corrected chi connectivity index (χ1v) is 10.3. The number of nitrogens with zero attached hydrogens (tertiary/aromatic N) is 1. The lowest BCUT2D eigenvalue weighted by molar-refractivity contribution is -0.314. The molecule has 0 N–H and O–H groups in total. The van der Waals surface area contributed by atoms with Gasteiger partial charge in [0.1, 0.15) is 0 Å². The smallest absolute Gasteiger partial charge is 0.239 e. The van der Waals surface area contributed by atoms with E-state index in [4.69, 9.17) is 0 Å². The molecule has 5 heteroatoms. The molecule has 0 unspecified atom stereocenters. The summed E-state index contributed by atoms with van der Waals surface area (Å²) in [5, 5.41) is 13.0. The van der Waals surface area contributed by atoms with E-state index in [0.717, 1.165) is 16.7 Å². The summed E-state index contributed by atoms with van der Waals surface area (Å²) in [7, 11) is 0. The number of anilines is 1. The zero-order chi connectivity index (χ0) is 21.5. The van der Waals surface area contributed by atoms with E-state index in [9.17, 15) is 19.5 Å². The van der Waals surface area contributed by atoms with Crippen LogP contribution < -0.4 is 10.0 Å². The second-order valence-electron chi connectivity index (χ2n) is 8.55. The highest BCUT2D eigenvalue weighted by molar-refractivity contribution is 6.25. The number of amides is 2. The summed E-state index contributed by atoms with van der Waals surface area (Å²) in [6.07, 6.45) is 0. The molecule has 4 aliphatic rings. The van der Waals surface area contributed by atoms with Crippen LogP contribution in [0.4, 0.5) is 5.69 Å². The third-order valence-corrected chi connectivity index (χ3v) is 7.30. The lowest BCUT2D eigenvalue weighted by Crippen LogP contribution is -2.61. The number of para-hydroxylation sites is 1. The lowest BCUT2D eigenvalue weighted by atomic mass is 9.47. The van der Waals surface area contributed by atoms with E-state index in [-0.39, 0.29) is 11.8 Å². The Kier molecular flexibility index (Phi) is 3.45. The lowest BCUT2D eigenvalue weighted by Gasteiger charge is -2.54. The Hall–Kier alpha value is -3.73. The summed E-state index contributed by atoms with van der Waals surface area (Å²) in [5.41, 5.74) is 2.30. The highest BCUT2D eigenvalue weighted by Gasteiger charge is 2.69. The van der Waals surface area contributed by atoms with Crippen molar-refractivity contribution in [1.82, 2.24) is 0 Å². The predicted octanol–water partition coefficient (Wildman–Crippen LogP) is 2.30. The molecule has 1 saturated heterocycles. The molecule has 0 spiro atoms. The minimum Gasteiger partial charge on any atom is -0.549 e. The molecular weight excluding hydrogens is 390 g/mol. The first-order chi connectivity index (χ1) is 15.0. The monoisotopic (exact) mass is 408 g/mol. The van der Waals surface area contributed by atoms with Gasteiger partial charge < -0.3 is 9.90 Å². The molecule has 1 aliphatic heterocycles. The van der Waals surface area contributed by atoms with E-state index in [1.165, 1.54) is 4.90 Å². The fraction of sp³-hybridized carbons (Fsp3) is 0.192. The van der Waals surface area contributed by atoms with Crippen molar-refractivity contribution in [2.75, 3.05) is 4.90 Å². The zero-order valence-corrected chi connectivity index (χ0v) is 16.7. The Morgan fingerprint density at radius 3 is 1.97 bits per heavy atom. The maximum atomic E-state index is 13.8. The molecule has 0 radical (unpaired) electrons. The molecule has 152 valence electrons. The van der Waals surface area contributed by atoms with Crippen LogP contribution in [0.5, 0.6) is 0 Å². The second kappa shape index (κ2) is 5.91.